The van der Waals surface area contributed by atoms with Gasteiger partial charge < -0.3 is 19.4 Å². The first-order valence-electron chi connectivity index (χ1n) is 13.5. The zero-order valence-electron chi connectivity index (χ0n) is 20.2. The van der Waals surface area contributed by atoms with E-state index >= 15 is 0 Å². The van der Waals surface area contributed by atoms with Gasteiger partial charge in [-0.05, 0) is 102 Å². The molecule has 3 heterocycles. The van der Waals surface area contributed by atoms with Gasteiger partial charge in [0.25, 0.3) is 5.91 Å². The first-order chi connectivity index (χ1) is 15.5. The maximum atomic E-state index is 13.4. The van der Waals surface area contributed by atoms with E-state index in [9.17, 15) is 9.59 Å². The highest BCUT2D eigenvalue weighted by atomic mass is 16.5. The number of piperazine rings is 1. The number of nitrogens with zero attached hydrogens (tertiary/aromatic N) is 3. The molecule has 0 N–H and O–H groups in total. The Morgan fingerprint density at radius 1 is 0.844 bits per heavy atom. The molecule has 32 heavy (non-hydrogen) atoms. The van der Waals surface area contributed by atoms with E-state index in [0.29, 0.717) is 19.1 Å². The number of likely N-dealkylation sites (tertiary alicyclic amines) is 1. The monoisotopic (exact) mass is 445 g/mol. The number of fused-ring (bicyclic) bond motifs is 1. The predicted molar refractivity (Wildman–Crippen MR) is 124 cm³/mol. The van der Waals surface area contributed by atoms with E-state index in [1.54, 1.807) is 6.92 Å². The minimum atomic E-state index is -0.261. The summed E-state index contributed by atoms with van der Waals surface area (Å²) in [4.78, 5) is 33.0. The van der Waals surface area contributed by atoms with Gasteiger partial charge in [0.2, 0.25) is 5.91 Å². The predicted octanol–water partition coefficient (Wildman–Crippen LogP) is 3.44. The molecule has 5 fully saturated rings. The average molecular weight is 446 g/mol. The smallest absolute Gasteiger partial charge is 0.252 e. The molecule has 180 valence electrons. The summed E-state index contributed by atoms with van der Waals surface area (Å²) in [7, 11) is 0. The molecule has 2 aliphatic carbocycles. The molecule has 0 aromatic rings. The third-order valence-corrected chi connectivity index (χ3v) is 9.43. The van der Waals surface area contributed by atoms with E-state index in [1.165, 1.54) is 58.0 Å². The van der Waals surface area contributed by atoms with E-state index < -0.39 is 0 Å². The quantitative estimate of drug-likeness (QED) is 0.668. The van der Waals surface area contributed by atoms with Crippen LogP contribution in [0.2, 0.25) is 0 Å². The molecule has 5 aliphatic rings. The van der Waals surface area contributed by atoms with E-state index in [4.69, 9.17) is 4.74 Å². The standard InChI is InChI=1S/C26H43N3O3/c1-18-17-28(26(31)25-6-5-15-32-25)24-16-21(9-12-23(24)29(18)19(2)30)20-7-10-22(11-8-20)27-13-3-4-14-27/h18,20-25H,3-17H2,1-2H3/t18-,20?,21?,22?,23?,24?,25?/m0/s1. The van der Waals surface area contributed by atoms with E-state index in [-0.39, 0.29) is 36.0 Å². The summed E-state index contributed by atoms with van der Waals surface area (Å²) in [5, 5.41) is 0. The van der Waals surface area contributed by atoms with E-state index in [2.05, 4.69) is 21.6 Å². The van der Waals surface area contributed by atoms with Crippen molar-refractivity contribution < 1.29 is 14.3 Å². The van der Waals surface area contributed by atoms with Gasteiger partial charge in [-0.25, -0.2) is 0 Å². The van der Waals surface area contributed by atoms with Crippen molar-refractivity contribution in [3.05, 3.63) is 0 Å². The van der Waals surface area contributed by atoms with Gasteiger partial charge in [0.05, 0.1) is 12.1 Å². The Kier molecular flexibility index (Phi) is 6.80. The Morgan fingerprint density at radius 3 is 2.22 bits per heavy atom. The van der Waals surface area contributed by atoms with Crippen LogP contribution in [0, 0.1) is 11.8 Å². The molecule has 5 rings (SSSR count). The molecule has 6 heteroatoms. The van der Waals surface area contributed by atoms with Gasteiger partial charge in [-0.1, -0.05) is 0 Å². The minimum Gasteiger partial charge on any atom is -0.368 e. The molecule has 2 saturated carbocycles. The van der Waals surface area contributed by atoms with Crippen LogP contribution >= 0.6 is 0 Å². The summed E-state index contributed by atoms with van der Waals surface area (Å²) < 4.78 is 5.78. The maximum absolute atomic E-state index is 13.4. The molecule has 3 aliphatic heterocycles. The zero-order chi connectivity index (χ0) is 22.2. The molecule has 5 atom stereocenters. The van der Waals surface area contributed by atoms with Crippen LogP contribution in [0.15, 0.2) is 0 Å². The van der Waals surface area contributed by atoms with E-state index in [1.807, 2.05) is 0 Å². The van der Waals surface area contributed by atoms with Crippen LogP contribution in [0.4, 0.5) is 0 Å². The number of hydrogen-bond donors (Lipinski definition) is 0. The van der Waals surface area contributed by atoms with E-state index in [0.717, 1.165) is 37.6 Å². The van der Waals surface area contributed by atoms with Gasteiger partial charge >= 0.3 is 0 Å². The van der Waals surface area contributed by atoms with Crippen molar-refractivity contribution in [3.8, 4) is 0 Å². The molecule has 0 spiro atoms. The Hall–Kier alpha value is -1.14. The normalized spacial score (nSPS) is 41.0. The first-order valence-corrected chi connectivity index (χ1v) is 13.5. The molecule has 2 amide bonds. The number of amides is 2. The topological polar surface area (TPSA) is 53.1 Å². The summed E-state index contributed by atoms with van der Waals surface area (Å²) >= 11 is 0. The van der Waals surface area contributed by atoms with Gasteiger partial charge in [-0.15, -0.1) is 0 Å². The Bertz CT molecular complexity index is 680. The highest BCUT2D eigenvalue weighted by Crippen LogP contribution is 2.44. The molecule has 0 aromatic carbocycles. The number of carbonyl (C=O) groups is 2. The second-order valence-electron chi connectivity index (χ2n) is 11.3. The third kappa shape index (κ3) is 4.34. The summed E-state index contributed by atoms with van der Waals surface area (Å²) in [6.45, 7) is 7.80. The fraction of sp³-hybridized carbons (Fsp3) is 0.923. The van der Waals surface area contributed by atoms with Gasteiger partial charge in [-0.2, -0.15) is 0 Å². The number of ether oxygens (including phenoxy) is 1. The lowest BCUT2D eigenvalue weighted by Gasteiger charge is -2.55. The molecular formula is C26H43N3O3. The van der Waals surface area contributed by atoms with Crippen LogP contribution in [0.1, 0.15) is 84.5 Å². The van der Waals surface area contributed by atoms with Crippen LogP contribution in [-0.4, -0.2) is 83.0 Å². The van der Waals surface area contributed by atoms with Crippen molar-refractivity contribution in [1.82, 2.24) is 14.7 Å². The fourth-order valence-electron chi connectivity index (χ4n) is 7.88. The molecule has 4 unspecified atom stereocenters. The van der Waals surface area contributed by atoms with Crippen molar-refractivity contribution in [2.24, 2.45) is 11.8 Å². The molecule has 6 nitrogen and oxygen atoms in total. The van der Waals surface area contributed by atoms with Crippen LogP contribution < -0.4 is 0 Å². The first kappa shape index (κ1) is 22.6. The lowest BCUT2D eigenvalue weighted by Crippen LogP contribution is -2.68. The lowest BCUT2D eigenvalue weighted by atomic mass is 9.68. The average Bonchev–Trinajstić information content (AvgIpc) is 3.52. The zero-order valence-corrected chi connectivity index (χ0v) is 20.2. The van der Waals surface area contributed by atoms with Crippen molar-refractivity contribution in [2.75, 3.05) is 26.2 Å². The maximum Gasteiger partial charge on any atom is 0.252 e. The van der Waals surface area contributed by atoms with Crippen molar-refractivity contribution in [1.29, 1.82) is 0 Å². The molecular weight excluding hydrogens is 402 g/mol. The Balaban J connectivity index is 1.27. The fourth-order valence-corrected chi connectivity index (χ4v) is 7.88. The summed E-state index contributed by atoms with van der Waals surface area (Å²) in [5.74, 6) is 1.84. The molecule has 0 aromatic heterocycles. The van der Waals surface area contributed by atoms with Crippen molar-refractivity contribution >= 4 is 11.8 Å². The number of rotatable bonds is 3. The van der Waals surface area contributed by atoms with Crippen LogP contribution in [0.5, 0.6) is 0 Å². The van der Waals surface area contributed by atoms with Crippen LogP contribution in [0.3, 0.4) is 0 Å². The highest BCUT2D eigenvalue weighted by molar-refractivity contribution is 5.82. The second kappa shape index (κ2) is 9.61. The SMILES string of the molecule is CC(=O)N1C2CCC(C3CCC(N4CCCC4)CC3)CC2N(C(=O)C2CCCO2)C[C@@H]1C. The lowest BCUT2D eigenvalue weighted by molar-refractivity contribution is -0.160. The second-order valence-corrected chi connectivity index (χ2v) is 11.3. The van der Waals surface area contributed by atoms with Crippen molar-refractivity contribution in [2.45, 2.75) is 115 Å². The number of carbonyl (C=O) groups excluding carboxylic acids is 2. The number of hydrogen-bond acceptors (Lipinski definition) is 4. The van der Waals surface area contributed by atoms with Crippen LogP contribution in [0.25, 0.3) is 0 Å². The van der Waals surface area contributed by atoms with Gasteiger partial charge in [0.15, 0.2) is 0 Å². The van der Waals surface area contributed by atoms with Crippen molar-refractivity contribution in [3.63, 3.8) is 0 Å². The van der Waals surface area contributed by atoms with Crippen LogP contribution in [-0.2, 0) is 14.3 Å². The highest BCUT2D eigenvalue weighted by Gasteiger charge is 2.48. The Morgan fingerprint density at radius 2 is 1.56 bits per heavy atom. The van der Waals surface area contributed by atoms with Gasteiger partial charge in [0, 0.05) is 32.2 Å². The largest absolute Gasteiger partial charge is 0.368 e. The summed E-state index contributed by atoms with van der Waals surface area (Å²) in [6.07, 6.45) is 13.0. The molecule has 0 radical (unpaired) electrons. The molecule has 0 bridgehead atoms. The minimum absolute atomic E-state index is 0.0894. The third-order valence-electron chi connectivity index (χ3n) is 9.43. The van der Waals surface area contributed by atoms with Gasteiger partial charge in [-0.3, -0.25) is 9.59 Å². The van der Waals surface area contributed by atoms with Gasteiger partial charge in [0.1, 0.15) is 6.10 Å². The summed E-state index contributed by atoms with van der Waals surface area (Å²) in [5.41, 5.74) is 0. The Labute approximate surface area is 194 Å². The summed E-state index contributed by atoms with van der Waals surface area (Å²) in [6, 6.07) is 1.25. The molecule has 3 saturated heterocycles.